The summed E-state index contributed by atoms with van der Waals surface area (Å²) in [6, 6.07) is 2.05. The number of nitrogens with zero attached hydrogens (tertiary/aromatic N) is 4. The summed E-state index contributed by atoms with van der Waals surface area (Å²) in [5, 5.41) is 4.34. The van der Waals surface area contributed by atoms with E-state index in [1.54, 1.807) is 11.0 Å². The van der Waals surface area contributed by atoms with E-state index in [-0.39, 0.29) is 6.04 Å². The summed E-state index contributed by atoms with van der Waals surface area (Å²) >= 11 is 0. The van der Waals surface area contributed by atoms with Gasteiger partial charge < -0.3 is 10.3 Å². The maximum atomic E-state index is 6.01. The van der Waals surface area contributed by atoms with E-state index >= 15 is 0 Å². The number of aromatic nitrogens is 4. The van der Waals surface area contributed by atoms with Crippen molar-refractivity contribution < 1.29 is 0 Å². The molecule has 0 bridgehead atoms. The molecule has 0 spiro atoms. The van der Waals surface area contributed by atoms with E-state index in [0.717, 1.165) is 24.4 Å². The topological polar surface area (TPSA) is 61.7 Å². The number of aryl methyl sites for hydroxylation is 1. The van der Waals surface area contributed by atoms with Crippen molar-refractivity contribution in [1.82, 2.24) is 19.3 Å². The molecule has 16 heavy (non-hydrogen) atoms. The van der Waals surface area contributed by atoms with Gasteiger partial charge in [0.2, 0.25) is 0 Å². The Morgan fingerprint density at radius 1 is 1.50 bits per heavy atom. The largest absolute Gasteiger partial charge is 0.327 e. The van der Waals surface area contributed by atoms with E-state index in [2.05, 4.69) is 21.6 Å². The summed E-state index contributed by atoms with van der Waals surface area (Å²) < 4.78 is 3.85. The minimum atomic E-state index is 0.0474. The van der Waals surface area contributed by atoms with Crippen LogP contribution in [0.1, 0.15) is 30.8 Å². The second kappa shape index (κ2) is 4.49. The molecule has 2 rings (SSSR count). The molecule has 0 saturated heterocycles. The first-order valence-electron chi connectivity index (χ1n) is 5.45. The number of hydrogen-bond acceptors (Lipinski definition) is 3. The van der Waals surface area contributed by atoms with E-state index in [1.165, 1.54) is 0 Å². The van der Waals surface area contributed by atoms with Crippen LogP contribution in [-0.4, -0.2) is 19.3 Å². The zero-order valence-corrected chi connectivity index (χ0v) is 9.67. The second-order valence-electron chi connectivity index (χ2n) is 3.94. The number of nitrogens with two attached hydrogens (primary N) is 1. The molecule has 0 amide bonds. The summed E-state index contributed by atoms with van der Waals surface area (Å²) in [6.07, 6.45) is 6.48. The molecule has 2 heterocycles. The molecule has 2 N–H and O–H groups in total. The first-order valence-corrected chi connectivity index (χ1v) is 5.45. The summed E-state index contributed by atoms with van der Waals surface area (Å²) in [5.41, 5.74) is 8.09. The smallest absolute Gasteiger partial charge is 0.0952 e. The highest BCUT2D eigenvalue weighted by Crippen LogP contribution is 2.14. The maximum Gasteiger partial charge on any atom is 0.0952 e. The average Bonchev–Trinajstić information content (AvgIpc) is 2.87. The van der Waals surface area contributed by atoms with Crippen LogP contribution in [0.3, 0.4) is 0 Å². The molecule has 1 atom stereocenters. The van der Waals surface area contributed by atoms with E-state index in [1.807, 2.05) is 25.5 Å². The third kappa shape index (κ3) is 2.14. The van der Waals surface area contributed by atoms with Gasteiger partial charge in [-0.1, -0.05) is 6.92 Å². The predicted octanol–water partition coefficient (Wildman–Crippen LogP) is 1.07. The molecule has 5 heteroatoms. The van der Waals surface area contributed by atoms with Crippen LogP contribution in [-0.2, 0) is 13.6 Å². The van der Waals surface area contributed by atoms with Gasteiger partial charge in [0.05, 0.1) is 24.3 Å². The quantitative estimate of drug-likeness (QED) is 0.836. The van der Waals surface area contributed by atoms with Gasteiger partial charge in [0, 0.05) is 25.5 Å². The highest BCUT2D eigenvalue weighted by molar-refractivity contribution is 5.08. The summed E-state index contributed by atoms with van der Waals surface area (Å²) in [7, 11) is 1.91. The van der Waals surface area contributed by atoms with Crippen LogP contribution in [0.25, 0.3) is 0 Å². The van der Waals surface area contributed by atoms with Crippen LogP contribution in [0.2, 0.25) is 0 Å². The standard InChI is InChI=1S/C11H17N5/c1-3-10(12)11-6-13-8-16(11)7-9-4-5-15(2)14-9/h4-6,8,10H,3,7,12H2,1-2H3/t10-/m1/s1. The Hall–Kier alpha value is -1.62. The van der Waals surface area contributed by atoms with Crippen LogP contribution < -0.4 is 5.73 Å². The minimum absolute atomic E-state index is 0.0474. The maximum absolute atomic E-state index is 6.01. The Morgan fingerprint density at radius 3 is 2.94 bits per heavy atom. The van der Waals surface area contributed by atoms with Gasteiger partial charge >= 0.3 is 0 Å². The number of rotatable bonds is 4. The van der Waals surface area contributed by atoms with Gasteiger partial charge in [-0.3, -0.25) is 4.68 Å². The van der Waals surface area contributed by atoms with Gasteiger partial charge in [-0.25, -0.2) is 4.98 Å². The highest BCUT2D eigenvalue weighted by Gasteiger charge is 2.10. The Bertz CT molecular complexity index is 456. The number of hydrogen-bond donors (Lipinski definition) is 1. The van der Waals surface area contributed by atoms with Crippen LogP contribution in [0.5, 0.6) is 0 Å². The summed E-state index contributed by atoms with van der Waals surface area (Å²) in [5.74, 6) is 0. The van der Waals surface area contributed by atoms with Crippen molar-refractivity contribution >= 4 is 0 Å². The normalized spacial score (nSPS) is 12.9. The highest BCUT2D eigenvalue weighted by atomic mass is 15.3. The van der Waals surface area contributed by atoms with Gasteiger partial charge in [-0.15, -0.1) is 0 Å². The molecule has 0 radical (unpaired) electrons. The third-order valence-corrected chi connectivity index (χ3v) is 2.67. The molecule has 5 nitrogen and oxygen atoms in total. The molecule has 0 aliphatic carbocycles. The summed E-state index contributed by atoms with van der Waals surface area (Å²) in [6.45, 7) is 2.80. The first-order chi connectivity index (χ1) is 7.70. The SMILES string of the molecule is CC[C@@H](N)c1cncn1Cc1ccn(C)n1. The van der Waals surface area contributed by atoms with Crippen LogP contribution in [0, 0.1) is 0 Å². The van der Waals surface area contributed by atoms with Crippen molar-refractivity contribution in [1.29, 1.82) is 0 Å². The molecule has 0 saturated carbocycles. The zero-order chi connectivity index (χ0) is 11.5. The lowest BCUT2D eigenvalue weighted by Crippen LogP contribution is -2.15. The fourth-order valence-electron chi connectivity index (χ4n) is 1.70. The van der Waals surface area contributed by atoms with Gasteiger partial charge in [-0.05, 0) is 12.5 Å². The van der Waals surface area contributed by atoms with Crippen molar-refractivity contribution in [3.63, 3.8) is 0 Å². The molecular weight excluding hydrogens is 202 g/mol. The molecule has 0 aliphatic rings. The lowest BCUT2D eigenvalue weighted by atomic mass is 10.2. The monoisotopic (exact) mass is 219 g/mol. The van der Waals surface area contributed by atoms with Gasteiger partial charge in [-0.2, -0.15) is 5.10 Å². The third-order valence-electron chi connectivity index (χ3n) is 2.67. The molecule has 86 valence electrons. The Morgan fingerprint density at radius 2 is 2.31 bits per heavy atom. The predicted molar refractivity (Wildman–Crippen MR) is 61.8 cm³/mol. The molecule has 2 aromatic rings. The van der Waals surface area contributed by atoms with E-state index in [0.29, 0.717) is 0 Å². The lowest BCUT2D eigenvalue weighted by Gasteiger charge is -2.11. The van der Waals surface area contributed by atoms with Crippen molar-refractivity contribution in [2.75, 3.05) is 0 Å². The zero-order valence-electron chi connectivity index (χ0n) is 9.67. The van der Waals surface area contributed by atoms with Gasteiger partial charge in [0.1, 0.15) is 0 Å². The van der Waals surface area contributed by atoms with Gasteiger partial charge in [0.25, 0.3) is 0 Å². The Balaban J connectivity index is 2.18. The van der Waals surface area contributed by atoms with Crippen molar-refractivity contribution in [3.05, 3.63) is 36.2 Å². The van der Waals surface area contributed by atoms with Crippen molar-refractivity contribution in [2.24, 2.45) is 12.8 Å². The van der Waals surface area contributed by atoms with E-state index < -0.39 is 0 Å². The number of imidazole rings is 1. The fraction of sp³-hybridized carbons (Fsp3) is 0.455. The molecule has 0 unspecified atom stereocenters. The van der Waals surface area contributed by atoms with Gasteiger partial charge in [0.15, 0.2) is 0 Å². The van der Waals surface area contributed by atoms with E-state index in [4.69, 9.17) is 5.73 Å². The van der Waals surface area contributed by atoms with Crippen LogP contribution in [0.15, 0.2) is 24.8 Å². The van der Waals surface area contributed by atoms with Crippen molar-refractivity contribution in [3.8, 4) is 0 Å². The minimum Gasteiger partial charge on any atom is -0.327 e. The Labute approximate surface area is 94.9 Å². The lowest BCUT2D eigenvalue weighted by molar-refractivity contribution is 0.608. The van der Waals surface area contributed by atoms with Crippen LogP contribution >= 0.6 is 0 Å². The average molecular weight is 219 g/mol. The molecule has 2 aromatic heterocycles. The van der Waals surface area contributed by atoms with Crippen molar-refractivity contribution in [2.45, 2.75) is 25.9 Å². The first kappa shape index (κ1) is 10.9. The summed E-state index contributed by atoms with van der Waals surface area (Å²) in [4.78, 5) is 4.14. The molecule has 0 fully saturated rings. The molecule has 0 aromatic carbocycles. The molecular formula is C11H17N5. The Kier molecular flexibility index (Phi) is 3.05. The van der Waals surface area contributed by atoms with E-state index in [9.17, 15) is 0 Å². The fourth-order valence-corrected chi connectivity index (χ4v) is 1.70. The van der Waals surface area contributed by atoms with Crippen LogP contribution in [0.4, 0.5) is 0 Å². The molecule has 0 aliphatic heterocycles. The second-order valence-corrected chi connectivity index (χ2v) is 3.94.